The quantitative estimate of drug-likeness (QED) is 0.623. The van der Waals surface area contributed by atoms with E-state index in [0.717, 1.165) is 37.9 Å². The van der Waals surface area contributed by atoms with Crippen molar-refractivity contribution >= 4 is 33.1 Å². The maximum atomic E-state index is 13.3. The SMILES string of the molecule is COC(=O)c1cc(C)c2c(c1)S(=O)(=O)Cc1cc(N3CCN(C4CC4)CC3)cc(Cl)c1O2. The summed E-state index contributed by atoms with van der Waals surface area (Å²) < 4.78 is 37.4. The summed E-state index contributed by atoms with van der Waals surface area (Å²) >= 11 is 6.61. The summed E-state index contributed by atoms with van der Waals surface area (Å²) in [5, 5.41) is 0.376. The molecule has 2 aliphatic heterocycles. The van der Waals surface area contributed by atoms with Crippen molar-refractivity contribution in [2.45, 2.75) is 36.5 Å². The lowest BCUT2D eigenvalue weighted by atomic mass is 10.1. The van der Waals surface area contributed by atoms with E-state index in [-0.39, 0.29) is 22.0 Å². The number of benzene rings is 2. The number of fused-ring (bicyclic) bond motifs is 2. The molecule has 0 aromatic heterocycles. The third-order valence-corrected chi connectivity index (χ3v) is 8.34. The fourth-order valence-electron chi connectivity index (χ4n) is 4.55. The Kier molecular flexibility index (Phi) is 5.34. The first-order valence-electron chi connectivity index (χ1n) is 10.7. The molecule has 0 amide bonds. The van der Waals surface area contributed by atoms with Gasteiger partial charge in [-0.05, 0) is 49.6 Å². The number of ether oxygens (including phenoxy) is 2. The number of aryl methyl sites for hydroxylation is 1. The fourth-order valence-corrected chi connectivity index (χ4v) is 6.39. The largest absolute Gasteiger partial charge is 0.465 e. The number of sulfone groups is 1. The van der Waals surface area contributed by atoms with E-state index in [9.17, 15) is 13.2 Å². The second-order valence-electron chi connectivity index (χ2n) is 8.64. The average Bonchev–Trinajstić information content (AvgIpc) is 3.61. The lowest BCUT2D eigenvalue weighted by Gasteiger charge is -2.36. The molecule has 0 radical (unpaired) electrons. The van der Waals surface area contributed by atoms with Gasteiger partial charge in [0.1, 0.15) is 16.4 Å². The molecule has 32 heavy (non-hydrogen) atoms. The molecule has 0 spiro atoms. The van der Waals surface area contributed by atoms with Gasteiger partial charge >= 0.3 is 5.97 Å². The van der Waals surface area contributed by atoms with Crippen LogP contribution in [0.5, 0.6) is 11.5 Å². The van der Waals surface area contributed by atoms with Crippen LogP contribution in [0, 0.1) is 6.92 Å². The summed E-state index contributed by atoms with van der Waals surface area (Å²) in [6.45, 7) is 5.44. The van der Waals surface area contributed by atoms with Crippen LogP contribution in [0.1, 0.15) is 34.3 Å². The second kappa shape index (κ2) is 7.93. The van der Waals surface area contributed by atoms with Crippen molar-refractivity contribution in [3.8, 4) is 11.5 Å². The first kappa shape index (κ1) is 21.6. The van der Waals surface area contributed by atoms with Gasteiger partial charge in [0.15, 0.2) is 9.84 Å². The first-order valence-corrected chi connectivity index (χ1v) is 12.7. The van der Waals surface area contributed by atoms with Gasteiger partial charge in [0.05, 0.1) is 23.4 Å². The monoisotopic (exact) mass is 476 g/mol. The van der Waals surface area contributed by atoms with Crippen LogP contribution in [0.15, 0.2) is 29.2 Å². The summed E-state index contributed by atoms with van der Waals surface area (Å²) in [6, 6.07) is 7.34. The van der Waals surface area contributed by atoms with Gasteiger partial charge in [-0.3, -0.25) is 4.90 Å². The zero-order valence-corrected chi connectivity index (χ0v) is 19.6. The van der Waals surface area contributed by atoms with E-state index < -0.39 is 15.8 Å². The number of anilines is 1. The molecule has 9 heteroatoms. The number of hydrogen-bond donors (Lipinski definition) is 0. The smallest absolute Gasteiger partial charge is 0.337 e. The van der Waals surface area contributed by atoms with Crippen molar-refractivity contribution in [2.24, 2.45) is 0 Å². The van der Waals surface area contributed by atoms with Crippen LogP contribution in [0.4, 0.5) is 5.69 Å². The maximum absolute atomic E-state index is 13.3. The van der Waals surface area contributed by atoms with E-state index in [1.807, 2.05) is 12.1 Å². The molecule has 2 fully saturated rings. The molecule has 170 valence electrons. The highest BCUT2D eigenvalue weighted by molar-refractivity contribution is 7.90. The predicted octanol–water partition coefficient (Wildman–Crippen LogP) is 3.80. The Hall–Kier alpha value is -2.29. The van der Waals surface area contributed by atoms with Crippen molar-refractivity contribution in [3.63, 3.8) is 0 Å². The number of esters is 1. The third-order valence-electron chi connectivity index (χ3n) is 6.39. The zero-order chi connectivity index (χ0) is 22.6. The van der Waals surface area contributed by atoms with Crippen LogP contribution in [-0.2, 0) is 20.3 Å². The first-order chi connectivity index (χ1) is 15.3. The van der Waals surface area contributed by atoms with Crippen LogP contribution in [0.2, 0.25) is 5.02 Å². The maximum Gasteiger partial charge on any atom is 0.337 e. The topological polar surface area (TPSA) is 76.2 Å². The standard InChI is InChI=1S/C23H25ClN2O5S/c1-14-9-15(23(27)30-2)11-20-21(14)31-22-16(13-32(20,28)29)10-18(12-19(22)24)26-7-5-25(6-8-26)17-3-4-17/h9-12,17H,3-8,13H2,1-2H3. The number of halogens is 1. The van der Waals surface area contributed by atoms with E-state index in [2.05, 4.69) is 9.80 Å². The van der Waals surface area contributed by atoms with E-state index in [0.29, 0.717) is 21.9 Å². The van der Waals surface area contributed by atoms with Crippen molar-refractivity contribution < 1.29 is 22.7 Å². The Labute approximate surface area is 192 Å². The lowest BCUT2D eigenvalue weighted by Crippen LogP contribution is -2.47. The molecule has 2 aromatic carbocycles. The van der Waals surface area contributed by atoms with Gasteiger partial charge in [-0.25, -0.2) is 13.2 Å². The molecular formula is C23H25ClN2O5S. The Bertz CT molecular complexity index is 1200. The zero-order valence-electron chi connectivity index (χ0n) is 18.1. The van der Waals surface area contributed by atoms with E-state index in [4.69, 9.17) is 21.1 Å². The number of methoxy groups -OCH3 is 1. The highest BCUT2D eigenvalue weighted by atomic mass is 35.5. The van der Waals surface area contributed by atoms with E-state index >= 15 is 0 Å². The average molecular weight is 477 g/mol. The molecule has 1 saturated heterocycles. The molecule has 0 N–H and O–H groups in total. The molecule has 1 saturated carbocycles. The van der Waals surface area contributed by atoms with Gasteiger partial charge in [0.25, 0.3) is 0 Å². The molecule has 3 aliphatic rings. The molecule has 1 aliphatic carbocycles. The molecule has 5 rings (SSSR count). The highest BCUT2D eigenvalue weighted by Gasteiger charge is 2.33. The molecule has 0 unspecified atom stereocenters. The summed E-state index contributed by atoms with van der Waals surface area (Å²) in [6.07, 6.45) is 2.58. The summed E-state index contributed by atoms with van der Waals surface area (Å²) in [5.74, 6) is -0.305. The van der Waals surface area contributed by atoms with Crippen LogP contribution >= 0.6 is 11.6 Å². The Morgan fingerprint density at radius 2 is 1.81 bits per heavy atom. The molecule has 2 aromatic rings. The Balaban J connectivity index is 1.51. The summed E-state index contributed by atoms with van der Waals surface area (Å²) in [5.41, 5.74) is 2.12. The number of carbonyl (C=O) groups excluding carboxylic acids is 1. The number of rotatable bonds is 3. The predicted molar refractivity (Wildman–Crippen MR) is 122 cm³/mol. The molecule has 0 bridgehead atoms. The van der Waals surface area contributed by atoms with Gasteiger partial charge in [0, 0.05) is 43.5 Å². The third kappa shape index (κ3) is 3.84. The number of piperazine rings is 1. The normalized spacial score (nSPS) is 20.0. The van der Waals surface area contributed by atoms with Gasteiger partial charge in [-0.2, -0.15) is 0 Å². The summed E-state index contributed by atoms with van der Waals surface area (Å²) in [7, 11) is -2.51. The van der Waals surface area contributed by atoms with E-state index in [1.165, 1.54) is 26.0 Å². The molecular weight excluding hydrogens is 452 g/mol. The molecule has 0 atom stereocenters. The van der Waals surface area contributed by atoms with Gasteiger partial charge in [-0.1, -0.05) is 11.6 Å². The summed E-state index contributed by atoms with van der Waals surface area (Å²) in [4.78, 5) is 16.8. The fraction of sp³-hybridized carbons (Fsp3) is 0.435. The van der Waals surface area contributed by atoms with Gasteiger partial charge in [-0.15, -0.1) is 0 Å². The van der Waals surface area contributed by atoms with Gasteiger partial charge < -0.3 is 14.4 Å². The molecule has 7 nitrogen and oxygen atoms in total. The van der Waals surface area contributed by atoms with Crippen LogP contribution in [-0.4, -0.2) is 58.6 Å². The van der Waals surface area contributed by atoms with Gasteiger partial charge in [0.2, 0.25) is 0 Å². The van der Waals surface area contributed by atoms with Crippen molar-refractivity contribution in [3.05, 3.63) is 46.0 Å². The van der Waals surface area contributed by atoms with Crippen molar-refractivity contribution in [2.75, 3.05) is 38.2 Å². The molecule has 2 heterocycles. The number of hydrogen-bond acceptors (Lipinski definition) is 7. The van der Waals surface area contributed by atoms with Crippen molar-refractivity contribution in [1.29, 1.82) is 0 Å². The number of carbonyl (C=O) groups is 1. The Morgan fingerprint density at radius 1 is 1.09 bits per heavy atom. The van der Waals surface area contributed by atoms with Crippen LogP contribution in [0.25, 0.3) is 0 Å². The Morgan fingerprint density at radius 3 is 2.47 bits per heavy atom. The second-order valence-corrected chi connectivity index (χ2v) is 11.0. The number of nitrogens with zero attached hydrogens (tertiary/aromatic N) is 2. The van der Waals surface area contributed by atoms with E-state index in [1.54, 1.807) is 13.0 Å². The minimum Gasteiger partial charge on any atom is -0.465 e. The van der Waals surface area contributed by atoms with Crippen LogP contribution in [0.3, 0.4) is 0 Å². The lowest BCUT2D eigenvalue weighted by molar-refractivity contribution is 0.0600. The van der Waals surface area contributed by atoms with Crippen LogP contribution < -0.4 is 9.64 Å². The minimum atomic E-state index is -3.77. The van der Waals surface area contributed by atoms with Crippen molar-refractivity contribution in [1.82, 2.24) is 4.90 Å². The minimum absolute atomic E-state index is 0.0234. The highest BCUT2D eigenvalue weighted by Crippen LogP contribution is 2.45.